The molecule has 136 valence electrons. The Bertz CT molecular complexity index is 651. The first-order valence-corrected chi connectivity index (χ1v) is 8.82. The van der Waals surface area contributed by atoms with Crippen LogP contribution in [-0.2, 0) is 9.53 Å². The number of allylic oxidation sites excluding steroid dienone is 1. The molecule has 5 nitrogen and oxygen atoms in total. The molecule has 0 aliphatic heterocycles. The van der Waals surface area contributed by atoms with E-state index in [1.165, 1.54) is 25.5 Å². The molecule has 2 rings (SSSR count). The van der Waals surface area contributed by atoms with E-state index in [1.54, 1.807) is 19.1 Å². The highest BCUT2D eigenvalue weighted by Gasteiger charge is 2.21. The van der Waals surface area contributed by atoms with Gasteiger partial charge >= 0.3 is 5.97 Å². The summed E-state index contributed by atoms with van der Waals surface area (Å²) in [5.41, 5.74) is 2.65. The summed E-state index contributed by atoms with van der Waals surface area (Å²) >= 11 is 0. The lowest BCUT2D eigenvalue weighted by molar-refractivity contribution is -0.129. The summed E-state index contributed by atoms with van der Waals surface area (Å²) in [7, 11) is 1.50. The molecule has 1 atom stereocenters. The maximum absolute atomic E-state index is 12.3. The molecule has 0 spiro atoms. The Morgan fingerprint density at radius 2 is 2.08 bits per heavy atom. The van der Waals surface area contributed by atoms with Crippen molar-refractivity contribution in [1.82, 2.24) is 5.32 Å². The van der Waals surface area contributed by atoms with Gasteiger partial charge in [0.25, 0.3) is 5.91 Å². The van der Waals surface area contributed by atoms with Crippen LogP contribution in [0.5, 0.6) is 5.75 Å². The van der Waals surface area contributed by atoms with E-state index in [-0.39, 0.29) is 5.91 Å². The number of esters is 1. The number of methoxy groups -OCH3 is 1. The van der Waals surface area contributed by atoms with E-state index in [9.17, 15) is 9.59 Å². The Morgan fingerprint density at radius 1 is 1.28 bits per heavy atom. The predicted octanol–water partition coefficient (Wildman–Crippen LogP) is 3.56. The van der Waals surface area contributed by atoms with Crippen LogP contribution < -0.4 is 10.1 Å². The first kappa shape index (κ1) is 19.0. The van der Waals surface area contributed by atoms with Gasteiger partial charge in [0.05, 0.1) is 7.11 Å². The Balaban J connectivity index is 1.84. The van der Waals surface area contributed by atoms with Gasteiger partial charge in [-0.25, -0.2) is 4.79 Å². The molecule has 0 fully saturated rings. The number of hydrogen-bond donors (Lipinski definition) is 1. The third-order valence-corrected chi connectivity index (χ3v) is 4.36. The van der Waals surface area contributed by atoms with Gasteiger partial charge in [-0.1, -0.05) is 23.3 Å². The van der Waals surface area contributed by atoms with E-state index >= 15 is 0 Å². The zero-order valence-corrected chi connectivity index (χ0v) is 15.3. The number of ether oxygens (including phenoxy) is 2. The van der Waals surface area contributed by atoms with Crippen LogP contribution >= 0.6 is 0 Å². The van der Waals surface area contributed by atoms with Crippen molar-refractivity contribution in [3.63, 3.8) is 0 Å². The van der Waals surface area contributed by atoms with Crippen molar-refractivity contribution in [2.45, 2.75) is 52.1 Å². The smallest absolute Gasteiger partial charge is 0.342 e. The zero-order valence-electron chi connectivity index (χ0n) is 15.3. The van der Waals surface area contributed by atoms with Gasteiger partial charge in [-0.05, 0) is 58.1 Å². The van der Waals surface area contributed by atoms with Gasteiger partial charge in [0.2, 0.25) is 0 Å². The number of benzene rings is 1. The van der Waals surface area contributed by atoms with Gasteiger partial charge in [0.1, 0.15) is 11.3 Å². The highest BCUT2D eigenvalue weighted by Crippen LogP contribution is 2.21. The molecular weight excluding hydrogens is 318 g/mol. The van der Waals surface area contributed by atoms with Gasteiger partial charge in [-0.3, -0.25) is 4.79 Å². The largest absolute Gasteiger partial charge is 0.496 e. The minimum atomic E-state index is -0.849. The summed E-state index contributed by atoms with van der Waals surface area (Å²) in [6.07, 6.45) is 7.01. The van der Waals surface area contributed by atoms with Crippen LogP contribution in [0.4, 0.5) is 0 Å². The second-order valence-corrected chi connectivity index (χ2v) is 6.40. The Hall–Kier alpha value is -2.30. The van der Waals surface area contributed by atoms with Crippen LogP contribution in [0.3, 0.4) is 0 Å². The molecule has 1 amide bonds. The van der Waals surface area contributed by atoms with Crippen molar-refractivity contribution in [2.75, 3.05) is 13.7 Å². The number of aryl methyl sites for hydroxylation is 1. The quantitative estimate of drug-likeness (QED) is 0.606. The minimum absolute atomic E-state index is 0.281. The number of nitrogens with one attached hydrogen (secondary N) is 1. The van der Waals surface area contributed by atoms with Crippen LogP contribution in [0, 0.1) is 6.92 Å². The SMILES string of the molecule is COc1ccc(C)cc1C(=O)O[C@H](C)C(=O)NCCC1=CCCCC1. The van der Waals surface area contributed by atoms with Gasteiger partial charge in [0.15, 0.2) is 6.10 Å². The summed E-state index contributed by atoms with van der Waals surface area (Å²) < 4.78 is 10.5. The molecule has 0 heterocycles. The predicted molar refractivity (Wildman–Crippen MR) is 96.8 cm³/mol. The molecule has 5 heteroatoms. The highest BCUT2D eigenvalue weighted by atomic mass is 16.5. The van der Waals surface area contributed by atoms with Crippen LogP contribution in [-0.4, -0.2) is 31.6 Å². The fourth-order valence-corrected chi connectivity index (χ4v) is 2.88. The Morgan fingerprint density at radius 3 is 2.76 bits per heavy atom. The van der Waals surface area contributed by atoms with E-state index in [1.807, 2.05) is 13.0 Å². The molecule has 0 saturated heterocycles. The average molecular weight is 345 g/mol. The minimum Gasteiger partial charge on any atom is -0.496 e. The lowest BCUT2D eigenvalue weighted by atomic mass is 9.97. The summed E-state index contributed by atoms with van der Waals surface area (Å²) in [5.74, 6) is -0.401. The van der Waals surface area contributed by atoms with Gasteiger partial charge in [0, 0.05) is 6.54 Å². The zero-order chi connectivity index (χ0) is 18.2. The maximum Gasteiger partial charge on any atom is 0.342 e. The molecule has 1 aliphatic carbocycles. The molecule has 1 N–H and O–H groups in total. The summed E-state index contributed by atoms with van der Waals surface area (Å²) in [5, 5.41) is 2.84. The second-order valence-electron chi connectivity index (χ2n) is 6.40. The lowest BCUT2D eigenvalue weighted by Crippen LogP contribution is -2.36. The van der Waals surface area contributed by atoms with Crippen LogP contribution in [0.15, 0.2) is 29.8 Å². The van der Waals surface area contributed by atoms with Gasteiger partial charge in [-0.2, -0.15) is 0 Å². The van der Waals surface area contributed by atoms with Crippen molar-refractivity contribution in [3.05, 3.63) is 41.0 Å². The van der Waals surface area contributed by atoms with Crippen LogP contribution in [0.25, 0.3) is 0 Å². The molecule has 1 aliphatic rings. The number of carbonyl (C=O) groups excluding carboxylic acids is 2. The van der Waals surface area contributed by atoms with Crippen molar-refractivity contribution < 1.29 is 19.1 Å². The van der Waals surface area contributed by atoms with Crippen molar-refractivity contribution in [2.24, 2.45) is 0 Å². The first-order chi connectivity index (χ1) is 12.0. The Labute approximate surface area is 149 Å². The fraction of sp³-hybridized carbons (Fsp3) is 0.500. The molecule has 1 aromatic rings. The van der Waals surface area contributed by atoms with Crippen molar-refractivity contribution in [1.29, 1.82) is 0 Å². The maximum atomic E-state index is 12.3. The Kier molecular flexibility index (Phi) is 7.04. The van der Waals surface area contributed by atoms with Crippen LogP contribution in [0.2, 0.25) is 0 Å². The van der Waals surface area contributed by atoms with Crippen molar-refractivity contribution in [3.8, 4) is 5.75 Å². The summed E-state index contributed by atoms with van der Waals surface area (Å²) in [6.45, 7) is 4.03. The van der Waals surface area contributed by atoms with Crippen LogP contribution in [0.1, 0.15) is 54.9 Å². The number of carbonyl (C=O) groups is 2. The molecule has 0 saturated carbocycles. The number of hydrogen-bond acceptors (Lipinski definition) is 4. The molecule has 0 bridgehead atoms. The second kappa shape index (κ2) is 9.25. The monoisotopic (exact) mass is 345 g/mol. The fourth-order valence-electron chi connectivity index (χ4n) is 2.88. The first-order valence-electron chi connectivity index (χ1n) is 8.82. The van der Waals surface area contributed by atoms with E-state index in [2.05, 4.69) is 11.4 Å². The molecule has 0 radical (unpaired) electrons. The third kappa shape index (κ3) is 5.62. The third-order valence-electron chi connectivity index (χ3n) is 4.36. The lowest BCUT2D eigenvalue weighted by Gasteiger charge is -2.16. The van der Waals surface area contributed by atoms with Gasteiger partial charge in [-0.15, -0.1) is 0 Å². The summed E-state index contributed by atoms with van der Waals surface area (Å²) in [4.78, 5) is 24.5. The molecular formula is C20H27NO4. The average Bonchev–Trinajstić information content (AvgIpc) is 2.62. The molecule has 0 aromatic heterocycles. The van der Waals surface area contributed by atoms with Crippen molar-refractivity contribution >= 4 is 11.9 Å². The molecule has 0 unspecified atom stereocenters. The van der Waals surface area contributed by atoms with E-state index < -0.39 is 12.1 Å². The van der Waals surface area contributed by atoms with E-state index in [0.717, 1.165) is 24.8 Å². The summed E-state index contributed by atoms with van der Waals surface area (Å²) in [6, 6.07) is 5.27. The van der Waals surface area contributed by atoms with E-state index in [0.29, 0.717) is 17.9 Å². The molecule has 1 aromatic carbocycles. The van der Waals surface area contributed by atoms with E-state index in [4.69, 9.17) is 9.47 Å². The standard InChI is InChI=1S/C20H27NO4/c1-14-9-10-18(24-3)17(13-14)20(23)25-15(2)19(22)21-12-11-16-7-5-4-6-8-16/h7,9-10,13,15H,4-6,8,11-12H2,1-3H3,(H,21,22)/t15-/m1/s1. The highest BCUT2D eigenvalue weighted by molar-refractivity contribution is 5.94. The number of amides is 1. The van der Waals surface area contributed by atoms with Gasteiger partial charge < -0.3 is 14.8 Å². The normalized spacial score (nSPS) is 15.1. The molecule has 25 heavy (non-hydrogen) atoms. The topological polar surface area (TPSA) is 64.6 Å². The number of rotatable bonds is 7.